The number of aromatic nitrogens is 1. The second-order valence-electron chi connectivity index (χ2n) is 9.27. The number of sulfonamides is 1. The van der Waals surface area contributed by atoms with Crippen molar-refractivity contribution < 1.29 is 16.8 Å². The molecular weight excluding hydrogens is 468 g/mol. The zero-order chi connectivity index (χ0) is 24.0. The molecule has 6 nitrogen and oxygen atoms in total. The highest BCUT2D eigenvalue weighted by Gasteiger charge is 2.47. The quantitative estimate of drug-likeness (QED) is 0.568. The molecule has 34 heavy (non-hydrogen) atoms. The first-order valence-corrected chi connectivity index (χ1v) is 14.6. The summed E-state index contributed by atoms with van der Waals surface area (Å²) in [4.78, 5) is 4.51. The van der Waals surface area contributed by atoms with Crippen molar-refractivity contribution in [2.75, 3.05) is 6.54 Å². The molecule has 2 heterocycles. The molecule has 0 atom stereocenters. The van der Waals surface area contributed by atoms with Crippen LogP contribution in [0.3, 0.4) is 0 Å². The van der Waals surface area contributed by atoms with E-state index in [1.807, 2.05) is 24.3 Å². The molecule has 1 aliphatic heterocycles. The Morgan fingerprint density at radius 2 is 1.74 bits per heavy atom. The number of pyridine rings is 1. The molecule has 3 aromatic rings. The summed E-state index contributed by atoms with van der Waals surface area (Å²) in [6.07, 6.45) is 8.74. The van der Waals surface area contributed by atoms with Gasteiger partial charge < -0.3 is 0 Å². The largest absolute Gasteiger partial charge is 0.264 e. The molecule has 0 bridgehead atoms. The van der Waals surface area contributed by atoms with Gasteiger partial charge in [-0.25, -0.2) is 21.6 Å². The first-order valence-electron chi connectivity index (χ1n) is 11.6. The van der Waals surface area contributed by atoms with Gasteiger partial charge in [0.25, 0.3) is 0 Å². The first-order chi connectivity index (χ1) is 16.3. The Kier molecular flexibility index (Phi) is 5.86. The minimum absolute atomic E-state index is 0.0198. The minimum Gasteiger partial charge on any atom is -0.264 e. The Morgan fingerprint density at radius 1 is 0.971 bits per heavy atom. The van der Waals surface area contributed by atoms with Crippen molar-refractivity contribution in [3.8, 4) is 0 Å². The van der Waals surface area contributed by atoms with Gasteiger partial charge in [-0.3, -0.25) is 4.98 Å². The number of hydrogen-bond acceptors (Lipinski definition) is 5. The zero-order valence-electron chi connectivity index (χ0n) is 19.1. The maximum atomic E-state index is 13.7. The Bertz CT molecular complexity index is 1440. The van der Waals surface area contributed by atoms with Crippen LogP contribution >= 0.6 is 0 Å². The summed E-state index contributed by atoms with van der Waals surface area (Å²) in [7, 11) is -7.74. The number of aryl methyl sites for hydroxylation is 1. The third-order valence-corrected chi connectivity index (χ3v) is 10.7. The van der Waals surface area contributed by atoms with Crippen LogP contribution in [0.5, 0.6) is 0 Å². The van der Waals surface area contributed by atoms with E-state index in [2.05, 4.69) is 9.71 Å². The van der Waals surface area contributed by atoms with Crippen molar-refractivity contribution in [1.29, 1.82) is 0 Å². The van der Waals surface area contributed by atoms with E-state index in [1.54, 1.807) is 37.5 Å². The second-order valence-corrected chi connectivity index (χ2v) is 12.9. The normalized spacial score (nSPS) is 18.3. The Labute approximate surface area is 201 Å². The predicted molar refractivity (Wildman–Crippen MR) is 130 cm³/mol. The van der Waals surface area contributed by atoms with Gasteiger partial charge in [-0.1, -0.05) is 49.6 Å². The molecule has 1 aliphatic carbocycles. The highest BCUT2D eigenvalue weighted by Crippen LogP contribution is 2.53. The van der Waals surface area contributed by atoms with E-state index in [1.165, 1.54) is 6.07 Å². The van der Waals surface area contributed by atoms with E-state index < -0.39 is 25.3 Å². The molecule has 0 radical (unpaired) electrons. The zero-order valence-corrected chi connectivity index (χ0v) is 20.8. The lowest BCUT2D eigenvalue weighted by Gasteiger charge is -2.43. The highest BCUT2D eigenvalue weighted by molar-refractivity contribution is 7.92. The lowest BCUT2D eigenvalue weighted by atomic mass is 9.65. The second kappa shape index (κ2) is 8.59. The van der Waals surface area contributed by atoms with Crippen LogP contribution in [-0.2, 0) is 31.7 Å². The topological polar surface area (TPSA) is 93.2 Å². The van der Waals surface area contributed by atoms with Gasteiger partial charge in [0.2, 0.25) is 19.9 Å². The molecule has 178 valence electrons. The van der Waals surface area contributed by atoms with Crippen molar-refractivity contribution in [1.82, 2.24) is 9.71 Å². The molecule has 8 heteroatoms. The van der Waals surface area contributed by atoms with Crippen LogP contribution in [0.25, 0.3) is 0 Å². The summed E-state index contributed by atoms with van der Waals surface area (Å²) in [5.74, 6) is 0. The van der Waals surface area contributed by atoms with Crippen LogP contribution in [0.1, 0.15) is 54.4 Å². The van der Waals surface area contributed by atoms with Crippen molar-refractivity contribution in [3.05, 3.63) is 83.2 Å². The van der Waals surface area contributed by atoms with Crippen molar-refractivity contribution in [3.63, 3.8) is 0 Å². The molecule has 2 aromatic carbocycles. The van der Waals surface area contributed by atoms with Crippen LogP contribution < -0.4 is 4.72 Å². The number of benzene rings is 2. The third kappa shape index (κ3) is 3.78. The van der Waals surface area contributed by atoms with E-state index in [9.17, 15) is 16.8 Å². The van der Waals surface area contributed by atoms with Gasteiger partial charge >= 0.3 is 0 Å². The van der Waals surface area contributed by atoms with Crippen molar-refractivity contribution >= 4 is 19.9 Å². The fourth-order valence-corrected chi connectivity index (χ4v) is 8.78. The van der Waals surface area contributed by atoms with E-state index in [4.69, 9.17) is 0 Å². The number of nitrogens with zero attached hydrogens (tertiary/aromatic N) is 1. The van der Waals surface area contributed by atoms with Gasteiger partial charge in [-0.05, 0) is 66.6 Å². The Balaban J connectivity index is 1.58. The summed E-state index contributed by atoms with van der Waals surface area (Å²) < 4.78 is 56.5. The molecule has 1 spiro atoms. The highest BCUT2D eigenvalue weighted by atomic mass is 32.2. The maximum Gasteiger partial charge on any atom is 0.240 e. The van der Waals surface area contributed by atoms with Crippen molar-refractivity contribution in [2.45, 2.75) is 65.6 Å². The van der Waals surface area contributed by atoms with Gasteiger partial charge in [0, 0.05) is 24.4 Å². The maximum absolute atomic E-state index is 13.7. The van der Waals surface area contributed by atoms with Crippen LogP contribution in [0.15, 0.2) is 75.6 Å². The van der Waals surface area contributed by atoms with Gasteiger partial charge in [-0.2, -0.15) is 0 Å². The summed E-state index contributed by atoms with van der Waals surface area (Å²) in [6, 6.07) is 14.1. The number of nitrogens with one attached hydrogen (secondary N) is 1. The lowest BCUT2D eigenvalue weighted by molar-refractivity contribution is 0.332. The molecule has 0 amide bonds. The number of rotatable bonds is 5. The number of fused-ring (bicyclic) bond motifs is 4. The van der Waals surface area contributed by atoms with Gasteiger partial charge in [0.15, 0.2) is 0 Å². The summed E-state index contributed by atoms with van der Waals surface area (Å²) in [5.41, 5.74) is 2.69. The average Bonchev–Trinajstić information content (AvgIpc) is 2.84. The monoisotopic (exact) mass is 496 g/mol. The van der Waals surface area contributed by atoms with Crippen LogP contribution in [0.2, 0.25) is 0 Å². The number of sulfone groups is 1. The smallest absolute Gasteiger partial charge is 0.240 e. The molecule has 0 saturated heterocycles. The summed E-state index contributed by atoms with van der Waals surface area (Å²) >= 11 is 0. The number of hydrogen-bond donors (Lipinski definition) is 1. The van der Waals surface area contributed by atoms with Crippen LogP contribution in [-0.4, -0.2) is 28.4 Å². The molecule has 1 aromatic heterocycles. The molecule has 1 saturated carbocycles. The molecule has 2 aliphatic rings. The standard InChI is InChI=1S/C26H28N2O4S2/c1-19-16-22-25(17-24(19)34(31,32)28-15-11-20-8-7-14-27-18-20)33(29,30)23-10-4-3-9-21(23)26(22)12-5-2-6-13-26/h3-4,7-10,14,16-18,28H,2,5-6,11-13,15H2,1H3. The fourth-order valence-electron chi connectivity index (χ4n) is 5.56. The van der Waals surface area contributed by atoms with E-state index >= 15 is 0 Å². The fraction of sp³-hybridized carbons (Fsp3) is 0.346. The molecule has 5 rings (SSSR count). The van der Waals surface area contributed by atoms with Gasteiger partial charge in [0.1, 0.15) is 0 Å². The van der Waals surface area contributed by atoms with Crippen molar-refractivity contribution in [2.24, 2.45) is 0 Å². The lowest BCUT2D eigenvalue weighted by Crippen LogP contribution is -2.37. The predicted octanol–water partition coefficient (Wildman–Crippen LogP) is 4.31. The molecule has 0 unspecified atom stereocenters. The summed E-state index contributed by atoms with van der Waals surface area (Å²) in [6.45, 7) is 1.95. The SMILES string of the molecule is Cc1cc2c(cc1S(=O)(=O)NCCc1cccnc1)S(=O)(=O)c1ccccc1C21CCCCC1. The van der Waals surface area contributed by atoms with Gasteiger partial charge in [0.05, 0.1) is 14.7 Å². The molecule has 1 fully saturated rings. The van der Waals surface area contributed by atoms with Crippen LogP contribution in [0, 0.1) is 6.92 Å². The van der Waals surface area contributed by atoms with E-state index in [-0.39, 0.29) is 16.3 Å². The first kappa shape index (κ1) is 23.2. The third-order valence-electron chi connectivity index (χ3n) is 7.20. The molecule has 1 N–H and O–H groups in total. The Morgan fingerprint density at radius 3 is 2.47 bits per heavy atom. The van der Waals surface area contributed by atoms with E-state index in [0.29, 0.717) is 16.9 Å². The summed E-state index contributed by atoms with van der Waals surface area (Å²) in [5, 5.41) is 0. The molecular formula is C26H28N2O4S2. The van der Waals surface area contributed by atoms with E-state index in [0.717, 1.165) is 48.8 Å². The van der Waals surface area contributed by atoms with Crippen LogP contribution in [0.4, 0.5) is 0 Å². The minimum atomic E-state index is -3.90. The van der Waals surface area contributed by atoms with Gasteiger partial charge in [-0.15, -0.1) is 0 Å². The Hall–Kier alpha value is -2.55. The average molecular weight is 497 g/mol.